The lowest BCUT2D eigenvalue weighted by Crippen LogP contribution is -2.30. The molecule has 0 aliphatic rings. The van der Waals surface area contributed by atoms with Crippen LogP contribution in [0, 0.1) is 17.5 Å². The van der Waals surface area contributed by atoms with Crippen molar-refractivity contribution >= 4 is 11.6 Å². The van der Waals surface area contributed by atoms with Crippen LogP contribution in [0.4, 0.5) is 18.9 Å². The number of para-hydroxylation sites is 1. The third-order valence-electron chi connectivity index (χ3n) is 3.36. The Hall–Kier alpha value is -2.54. The van der Waals surface area contributed by atoms with E-state index < -0.39 is 29.0 Å². The molecule has 0 aliphatic carbocycles. The van der Waals surface area contributed by atoms with Gasteiger partial charge in [-0.05, 0) is 25.2 Å². The molecule has 1 amide bonds. The van der Waals surface area contributed by atoms with E-state index in [1.54, 1.807) is 25.1 Å². The molecular formula is C17H17F3N2O2. The van der Waals surface area contributed by atoms with Crippen molar-refractivity contribution in [2.75, 3.05) is 26.0 Å². The van der Waals surface area contributed by atoms with Crippen LogP contribution in [0.25, 0.3) is 0 Å². The maximum Gasteiger partial charge on any atom is 0.238 e. The van der Waals surface area contributed by atoms with E-state index in [0.717, 1.165) is 17.7 Å². The number of likely N-dealkylation sites (N-methyl/N-ethyl adjacent to an activating group) is 1. The molecule has 2 rings (SSSR count). The van der Waals surface area contributed by atoms with Crippen molar-refractivity contribution in [1.29, 1.82) is 0 Å². The fourth-order valence-electron chi connectivity index (χ4n) is 2.24. The van der Waals surface area contributed by atoms with Gasteiger partial charge in [0.2, 0.25) is 5.91 Å². The summed E-state index contributed by atoms with van der Waals surface area (Å²) < 4.78 is 44.8. The molecule has 0 radical (unpaired) electrons. The maximum atomic E-state index is 13.5. The Balaban J connectivity index is 1.98. The number of nitrogens with one attached hydrogen (secondary N) is 1. The van der Waals surface area contributed by atoms with Crippen LogP contribution in [0.5, 0.6) is 5.75 Å². The number of halogens is 3. The Kier molecular flexibility index (Phi) is 5.81. The summed E-state index contributed by atoms with van der Waals surface area (Å²) in [5.74, 6) is -4.20. The smallest absolute Gasteiger partial charge is 0.238 e. The lowest BCUT2D eigenvalue weighted by molar-refractivity contribution is -0.117. The summed E-state index contributed by atoms with van der Waals surface area (Å²) in [7, 11) is 3.25. The molecule has 0 fully saturated rings. The van der Waals surface area contributed by atoms with Crippen molar-refractivity contribution in [2.24, 2.45) is 0 Å². The van der Waals surface area contributed by atoms with Crippen LogP contribution in [0.3, 0.4) is 0 Å². The van der Waals surface area contributed by atoms with Crippen molar-refractivity contribution in [2.45, 2.75) is 6.54 Å². The lowest BCUT2D eigenvalue weighted by Gasteiger charge is -2.18. The topological polar surface area (TPSA) is 41.6 Å². The standard InChI is InChI=1S/C17H17F3N2O2/c1-22(9-11-5-3-4-6-14(11)24-2)10-15(23)21-13-8-7-12(18)16(19)17(13)20/h3-8H,9-10H2,1-2H3,(H,21,23). The summed E-state index contributed by atoms with van der Waals surface area (Å²) in [6.45, 7) is 0.369. The van der Waals surface area contributed by atoms with Crippen molar-refractivity contribution in [3.63, 3.8) is 0 Å². The zero-order valence-electron chi connectivity index (χ0n) is 13.3. The van der Waals surface area contributed by atoms with Crippen LogP contribution < -0.4 is 10.1 Å². The van der Waals surface area contributed by atoms with Gasteiger partial charge in [-0.2, -0.15) is 0 Å². The van der Waals surface area contributed by atoms with Crippen LogP contribution in [-0.2, 0) is 11.3 Å². The van der Waals surface area contributed by atoms with Crippen LogP contribution in [-0.4, -0.2) is 31.5 Å². The maximum absolute atomic E-state index is 13.5. The van der Waals surface area contributed by atoms with Gasteiger partial charge in [-0.3, -0.25) is 9.69 Å². The Labute approximate surface area is 137 Å². The van der Waals surface area contributed by atoms with E-state index in [4.69, 9.17) is 4.74 Å². The van der Waals surface area contributed by atoms with Gasteiger partial charge >= 0.3 is 0 Å². The summed E-state index contributed by atoms with van der Waals surface area (Å²) in [5.41, 5.74) is 0.485. The Morgan fingerprint density at radius 1 is 1.12 bits per heavy atom. The number of carbonyl (C=O) groups excluding carboxylic acids is 1. The average molecular weight is 338 g/mol. The summed E-state index contributed by atoms with van der Waals surface area (Å²) in [5, 5.41) is 2.23. The first-order chi connectivity index (χ1) is 11.4. The SMILES string of the molecule is COc1ccccc1CN(C)CC(=O)Nc1ccc(F)c(F)c1F. The molecule has 0 heterocycles. The molecule has 2 aromatic rings. The van der Waals surface area contributed by atoms with Gasteiger partial charge in [-0.15, -0.1) is 0 Å². The highest BCUT2D eigenvalue weighted by Crippen LogP contribution is 2.20. The second kappa shape index (κ2) is 7.83. The minimum Gasteiger partial charge on any atom is -0.496 e. The molecular weight excluding hydrogens is 321 g/mol. The molecule has 128 valence electrons. The number of nitrogens with zero attached hydrogens (tertiary/aromatic N) is 1. The number of hydrogen-bond acceptors (Lipinski definition) is 3. The first kappa shape index (κ1) is 17.8. The van der Waals surface area contributed by atoms with Crippen molar-refractivity contribution in [3.05, 3.63) is 59.4 Å². The summed E-state index contributed by atoms with van der Waals surface area (Å²) in [6, 6.07) is 9.09. The second-order valence-corrected chi connectivity index (χ2v) is 5.26. The molecule has 0 unspecified atom stereocenters. The number of hydrogen-bond donors (Lipinski definition) is 1. The van der Waals surface area contributed by atoms with Gasteiger partial charge in [-0.1, -0.05) is 18.2 Å². The second-order valence-electron chi connectivity index (χ2n) is 5.26. The number of methoxy groups -OCH3 is 1. The summed E-state index contributed by atoms with van der Waals surface area (Å²) >= 11 is 0. The number of amides is 1. The van der Waals surface area contributed by atoms with Crippen molar-refractivity contribution in [1.82, 2.24) is 4.90 Å². The molecule has 2 aromatic carbocycles. The van der Waals surface area contributed by atoms with E-state index in [1.165, 1.54) is 0 Å². The van der Waals surface area contributed by atoms with E-state index in [-0.39, 0.29) is 6.54 Å². The zero-order chi connectivity index (χ0) is 17.7. The van der Waals surface area contributed by atoms with E-state index in [2.05, 4.69) is 5.32 Å². The number of rotatable bonds is 6. The monoisotopic (exact) mass is 338 g/mol. The van der Waals surface area contributed by atoms with Gasteiger partial charge in [0.1, 0.15) is 5.75 Å². The van der Waals surface area contributed by atoms with Crippen LogP contribution in [0.1, 0.15) is 5.56 Å². The summed E-state index contributed by atoms with van der Waals surface area (Å²) in [4.78, 5) is 13.6. The first-order valence-electron chi connectivity index (χ1n) is 7.16. The van der Waals surface area contributed by atoms with Crippen LogP contribution in [0.2, 0.25) is 0 Å². The largest absolute Gasteiger partial charge is 0.496 e. The van der Waals surface area contributed by atoms with Crippen molar-refractivity contribution in [3.8, 4) is 5.75 Å². The van der Waals surface area contributed by atoms with Crippen molar-refractivity contribution < 1.29 is 22.7 Å². The fraction of sp³-hybridized carbons (Fsp3) is 0.235. The van der Waals surface area contributed by atoms with Gasteiger partial charge in [0, 0.05) is 12.1 Å². The number of carbonyl (C=O) groups is 1. The first-order valence-corrected chi connectivity index (χ1v) is 7.16. The molecule has 1 N–H and O–H groups in total. The third kappa shape index (κ3) is 4.26. The molecule has 4 nitrogen and oxygen atoms in total. The molecule has 7 heteroatoms. The van der Waals surface area contributed by atoms with Crippen LogP contribution in [0.15, 0.2) is 36.4 Å². The fourth-order valence-corrected chi connectivity index (χ4v) is 2.24. The van der Waals surface area contributed by atoms with Crippen LogP contribution >= 0.6 is 0 Å². The predicted octanol–water partition coefficient (Wildman–Crippen LogP) is 3.18. The predicted molar refractivity (Wildman–Crippen MR) is 84.3 cm³/mol. The quantitative estimate of drug-likeness (QED) is 0.823. The Bertz CT molecular complexity index is 738. The molecule has 0 bridgehead atoms. The minimum atomic E-state index is -1.62. The number of benzene rings is 2. The van der Waals surface area contributed by atoms with E-state index in [9.17, 15) is 18.0 Å². The molecule has 24 heavy (non-hydrogen) atoms. The summed E-state index contributed by atoms with van der Waals surface area (Å²) in [6.07, 6.45) is 0. The highest BCUT2D eigenvalue weighted by Gasteiger charge is 2.16. The normalized spacial score (nSPS) is 10.8. The zero-order valence-corrected chi connectivity index (χ0v) is 13.3. The average Bonchev–Trinajstić information content (AvgIpc) is 2.55. The highest BCUT2D eigenvalue weighted by molar-refractivity contribution is 5.92. The molecule has 0 atom stereocenters. The van der Waals surface area contributed by atoms with Gasteiger partial charge < -0.3 is 10.1 Å². The molecule has 0 saturated heterocycles. The Morgan fingerprint density at radius 2 is 1.83 bits per heavy atom. The molecule has 0 spiro atoms. The molecule has 0 aliphatic heterocycles. The number of ether oxygens (including phenoxy) is 1. The molecule has 0 aromatic heterocycles. The highest BCUT2D eigenvalue weighted by atomic mass is 19.2. The van der Waals surface area contributed by atoms with Gasteiger partial charge in [0.15, 0.2) is 17.5 Å². The number of anilines is 1. The minimum absolute atomic E-state index is 0.0590. The lowest BCUT2D eigenvalue weighted by atomic mass is 10.2. The van der Waals surface area contributed by atoms with Gasteiger partial charge in [0.25, 0.3) is 0 Å². The Morgan fingerprint density at radius 3 is 2.54 bits per heavy atom. The van der Waals surface area contributed by atoms with Gasteiger partial charge in [0.05, 0.1) is 19.3 Å². The van der Waals surface area contributed by atoms with Gasteiger partial charge in [-0.25, -0.2) is 13.2 Å². The van der Waals surface area contributed by atoms with E-state index >= 15 is 0 Å². The van der Waals surface area contributed by atoms with E-state index in [0.29, 0.717) is 12.3 Å². The third-order valence-corrected chi connectivity index (χ3v) is 3.36. The van der Waals surface area contributed by atoms with E-state index in [1.807, 2.05) is 18.2 Å². The molecule has 0 saturated carbocycles.